The Morgan fingerprint density at radius 1 is 0.264 bits per heavy atom. The predicted molar refractivity (Wildman–Crippen MR) is 360 cm³/mol. The Hall–Kier alpha value is -11.3. The molecule has 1 unspecified atom stereocenters. The summed E-state index contributed by atoms with van der Waals surface area (Å²) in [6, 6.07) is 117. The van der Waals surface area contributed by atoms with E-state index in [9.17, 15) is 0 Å². The van der Waals surface area contributed by atoms with Crippen LogP contribution in [0.4, 0.5) is 17.1 Å². The van der Waals surface area contributed by atoms with Crippen molar-refractivity contribution in [1.82, 2.24) is 9.13 Å². The topological polar surface area (TPSA) is 13.1 Å². The van der Waals surface area contributed by atoms with E-state index in [0.717, 1.165) is 33.9 Å². The Morgan fingerprint density at radius 2 is 0.770 bits per heavy atom. The van der Waals surface area contributed by atoms with E-state index < -0.39 is 10.8 Å². The molecule has 0 saturated carbocycles. The summed E-state index contributed by atoms with van der Waals surface area (Å²) in [7, 11) is 0. The van der Waals surface area contributed by atoms with Gasteiger partial charge in [-0.05, 0) is 161 Å². The number of fused-ring (bicyclic) bond motifs is 27. The molecule has 3 aliphatic carbocycles. The zero-order valence-corrected chi connectivity index (χ0v) is 47.3. The maximum atomic E-state index is 2.58. The summed E-state index contributed by atoms with van der Waals surface area (Å²) in [5, 5.41) is 7.59. The van der Waals surface area contributed by atoms with Crippen molar-refractivity contribution < 1.29 is 0 Å². The molecule has 4 aliphatic rings. The first kappa shape index (κ1) is 47.1. The van der Waals surface area contributed by atoms with Crippen LogP contribution in [0, 0.1) is 0 Å². The molecule has 3 nitrogen and oxygen atoms in total. The highest BCUT2D eigenvalue weighted by Crippen LogP contribution is 2.66. The molecule has 1 aliphatic heterocycles. The van der Waals surface area contributed by atoms with Crippen LogP contribution in [0.1, 0.15) is 44.5 Å². The standard InChI is InChI=1S/C84H51N3/c1-2-23-58-53(20-1)44-49-72-80(58)66-48-47-57(51-74(66)83(72)67-31-9-3-24-59(67)60-25-4-10-32-68(60)83)85(55-45-42-52(43-46-55)54-21-17-22-56(50-54)86-75-37-13-6-26-61(75)62-27-7-14-38-76(62)86)79-41-19-35-71-81(79)65-29-5-11-33-69(65)84(71)70-34-12-16-40-78(70)87-77-39-15-8-28-63(77)64-30-18-36-73(84)82(64)87/h1-51H. The van der Waals surface area contributed by atoms with Crippen LogP contribution >= 0.6 is 0 Å². The summed E-state index contributed by atoms with van der Waals surface area (Å²) in [5.74, 6) is 0. The monoisotopic (exact) mass is 1100 g/mol. The second-order valence-corrected chi connectivity index (χ2v) is 24.1. The zero-order chi connectivity index (χ0) is 56.7. The molecule has 0 bridgehead atoms. The van der Waals surface area contributed by atoms with E-state index in [0.29, 0.717) is 0 Å². The predicted octanol–water partition coefficient (Wildman–Crippen LogP) is 21.2. The average Bonchev–Trinajstić information content (AvgIpc) is 1.57. The minimum Gasteiger partial charge on any atom is -0.310 e. The highest BCUT2D eigenvalue weighted by molar-refractivity contribution is 6.14. The van der Waals surface area contributed by atoms with Crippen LogP contribution in [-0.4, -0.2) is 9.13 Å². The normalized spacial score (nSPS) is 15.0. The van der Waals surface area contributed by atoms with Gasteiger partial charge < -0.3 is 14.0 Å². The number of anilines is 3. The fourth-order valence-electron chi connectivity index (χ4n) is 17.1. The van der Waals surface area contributed by atoms with Crippen LogP contribution in [-0.2, 0) is 10.8 Å². The molecular formula is C84H51N3. The lowest BCUT2D eigenvalue weighted by Crippen LogP contribution is -2.33. The summed E-state index contributed by atoms with van der Waals surface area (Å²) in [6.45, 7) is 0. The van der Waals surface area contributed by atoms with Crippen molar-refractivity contribution >= 4 is 71.4 Å². The van der Waals surface area contributed by atoms with Crippen LogP contribution < -0.4 is 4.90 Å². The second-order valence-electron chi connectivity index (χ2n) is 24.1. The smallest absolute Gasteiger partial charge is 0.0755 e. The van der Waals surface area contributed by atoms with Crippen molar-refractivity contribution in [2.75, 3.05) is 4.90 Å². The molecular weight excluding hydrogens is 1050 g/mol. The number of hydrogen-bond acceptors (Lipinski definition) is 1. The molecule has 2 spiro atoms. The first-order valence-corrected chi connectivity index (χ1v) is 30.4. The van der Waals surface area contributed by atoms with Gasteiger partial charge in [0.25, 0.3) is 0 Å². The largest absolute Gasteiger partial charge is 0.310 e. The maximum absolute atomic E-state index is 2.58. The fraction of sp³-hybridized carbons (Fsp3) is 0.0238. The molecule has 20 rings (SSSR count). The highest BCUT2D eigenvalue weighted by atomic mass is 15.1. The van der Waals surface area contributed by atoms with Crippen molar-refractivity contribution in [3.63, 3.8) is 0 Å². The van der Waals surface area contributed by atoms with E-state index >= 15 is 0 Å². The van der Waals surface area contributed by atoms with E-state index in [4.69, 9.17) is 0 Å². The minimum absolute atomic E-state index is 0.562. The second kappa shape index (κ2) is 17.2. The number of nitrogens with zero attached hydrogens (tertiary/aromatic N) is 3. The lowest BCUT2D eigenvalue weighted by molar-refractivity contribution is 0.748. The third-order valence-corrected chi connectivity index (χ3v) is 20.3. The Morgan fingerprint density at radius 3 is 1.51 bits per heavy atom. The van der Waals surface area contributed by atoms with Gasteiger partial charge in [-0.2, -0.15) is 0 Å². The Kier molecular flexibility index (Phi) is 9.32. The van der Waals surface area contributed by atoms with Crippen molar-refractivity contribution in [3.8, 4) is 55.9 Å². The molecule has 14 aromatic carbocycles. The Bertz CT molecular complexity index is 5580. The van der Waals surface area contributed by atoms with Gasteiger partial charge in [0, 0.05) is 44.2 Å². The lowest BCUT2D eigenvalue weighted by atomic mass is 9.65. The molecule has 1 atom stereocenters. The fourth-order valence-corrected chi connectivity index (χ4v) is 17.1. The summed E-state index contributed by atoms with van der Waals surface area (Å²) in [6.07, 6.45) is 0. The number of rotatable bonds is 5. The number of benzene rings is 14. The molecule has 3 heteroatoms. The average molecular weight is 1100 g/mol. The molecule has 87 heavy (non-hydrogen) atoms. The van der Waals surface area contributed by atoms with E-state index in [1.807, 2.05) is 0 Å². The number of para-hydroxylation sites is 5. The summed E-state index contributed by atoms with van der Waals surface area (Å²) < 4.78 is 4.96. The third-order valence-electron chi connectivity index (χ3n) is 20.3. The van der Waals surface area contributed by atoms with Crippen molar-refractivity contribution in [1.29, 1.82) is 0 Å². The molecule has 0 amide bonds. The Labute approximate surface area is 503 Å². The summed E-state index contributed by atoms with van der Waals surface area (Å²) in [5.41, 5.74) is 29.9. The van der Waals surface area contributed by atoms with Crippen molar-refractivity contribution in [2.24, 2.45) is 0 Å². The molecule has 0 N–H and O–H groups in total. The number of hydrogen-bond donors (Lipinski definition) is 0. The van der Waals surface area contributed by atoms with E-state index in [2.05, 4.69) is 323 Å². The van der Waals surface area contributed by atoms with Gasteiger partial charge >= 0.3 is 0 Å². The van der Waals surface area contributed by atoms with Crippen LogP contribution in [0.2, 0.25) is 0 Å². The summed E-state index contributed by atoms with van der Waals surface area (Å²) in [4.78, 5) is 2.58. The zero-order valence-electron chi connectivity index (χ0n) is 47.3. The molecule has 0 radical (unpaired) electrons. The van der Waals surface area contributed by atoms with Gasteiger partial charge in [-0.15, -0.1) is 0 Å². The van der Waals surface area contributed by atoms with E-state index in [-0.39, 0.29) is 0 Å². The highest BCUT2D eigenvalue weighted by Gasteiger charge is 2.54. The van der Waals surface area contributed by atoms with Crippen LogP contribution in [0.5, 0.6) is 0 Å². The molecule has 2 aromatic heterocycles. The molecule has 0 fully saturated rings. The van der Waals surface area contributed by atoms with Crippen LogP contribution in [0.3, 0.4) is 0 Å². The molecule has 0 saturated heterocycles. The van der Waals surface area contributed by atoms with Gasteiger partial charge in [-0.3, -0.25) is 0 Å². The third kappa shape index (κ3) is 5.91. The van der Waals surface area contributed by atoms with Crippen LogP contribution in [0.25, 0.3) is 110 Å². The van der Waals surface area contributed by atoms with Crippen molar-refractivity contribution in [2.45, 2.75) is 10.8 Å². The summed E-state index contributed by atoms with van der Waals surface area (Å²) >= 11 is 0. The minimum atomic E-state index is -0.624. The van der Waals surface area contributed by atoms with Crippen molar-refractivity contribution in [3.05, 3.63) is 354 Å². The molecule has 3 heterocycles. The Balaban J connectivity index is 0.847. The quantitative estimate of drug-likeness (QED) is 0.167. The first-order valence-electron chi connectivity index (χ1n) is 30.4. The van der Waals surface area contributed by atoms with Crippen LogP contribution in [0.15, 0.2) is 309 Å². The lowest BCUT2D eigenvalue weighted by Gasteiger charge is -2.39. The van der Waals surface area contributed by atoms with Gasteiger partial charge in [0.05, 0.1) is 44.3 Å². The molecule has 402 valence electrons. The van der Waals surface area contributed by atoms with Gasteiger partial charge in [-0.25, -0.2) is 0 Å². The SMILES string of the molecule is c1cc(-c2ccc(N(c3ccc4c(c3)C3(c5ccccc5-c5ccccc53)c3ccc5ccccc5c3-4)c3cccc4c3-c3ccccc3C43c4ccccc4-n4c5ccccc5c5cccc3c54)cc2)cc(-n2c3ccccc3c3ccccc32)c1. The van der Waals surface area contributed by atoms with Gasteiger partial charge in [0.15, 0.2) is 0 Å². The van der Waals surface area contributed by atoms with E-state index in [1.165, 1.54) is 138 Å². The van der Waals surface area contributed by atoms with E-state index in [1.54, 1.807) is 0 Å². The van der Waals surface area contributed by atoms with Gasteiger partial charge in [-0.1, -0.05) is 243 Å². The first-order chi connectivity index (χ1) is 43.2. The number of aromatic nitrogens is 2. The maximum Gasteiger partial charge on any atom is 0.0755 e. The molecule has 16 aromatic rings. The van der Waals surface area contributed by atoms with Gasteiger partial charge in [0.2, 0.25) is 0 Å². The van der Waals surface area contributed by atoms with Gasteiger partial charge in [0.1, 0.15) is 0 Å².